The largest absolute Gasteiger partial charge is 0.367 e. The van der Waals surface area contributed by atoms with Crippen molar-refractivity contribution in [2.45, 2.75) is 13.0 Å². The normalized spacial score (nSPS) is 18.5. The second-order valence-electron chi connectivity index (χ2n) is 5.14. The monoisotopic (exact) mass is 296 g/mol. The molecule has 1 N–H and O–H groups in total. The summed E-state index contributed by atoms with van der Waals surface area (Å²) in [7, 11) is 1.94. The van der Waals surface area contributed by atoms with Crippen molar-refractivity contribution in [1.29, 1.82) is 0 Å². The number of likely N-dealkylation sites (tertiary alicyclic amines) is 1. The summed E-state index contributed by atoms with van der Waals surface area (Å²) in [5.41, 5.74) is 0.913. The fraction of sp³-hybridized carbons (Fsp3) is 0.533. The minimum atomic E-state index is 0.0654. The quantitative estimate of drug-likeness (QED) is 0.872. The lowest BCUT2D eigenvalue weighted by Crippen LogP contribution is -2.33. The van der Waals surface area contributed by atoms with Gasteiger partial charge < -0.3 is 15.0 Å². The van der Waals surface area contributed by atoms with Crippen LogP contribution in [0, 0.1) is 5.92 Å². The van der Waals surface area contributed by atoms with E-state index in [4.69, 9.17) is 16.3 Å². The number of halogens is 1. The number of rotatable bonds is 6. The number of carbonyl (C=O) groups is 1. The van der Waals surface area contributed by atoms with Crippen LogP contribution in [-0.4, -0.2) is 44.1 Å². The van der Waals surface area contributed by atoms with Crippen molar-refractivity contribution in [2.24, 2.45) is 5.92 Å². The van der Waals surface area contributed by atoms with Crippen molar-refractivity contribution in [3.63, 3.8) is 0 Å². The van der Waals surface area contributed by atoms with Crippen LogP contribution in [0.3, 0.4) is 0 Å². The van der Waals surface area contributed by atoms with Crippen LogP contribution < -0.4 is 5.32 Å². The number of hydrogen-bond acceptors (Lipinski definition) is 3. The summed E-state index contributed by atoms with van der Waals surface area (Å²) in [4.78, 5) is 13.9. The third kappa shape index (κ3) is 4.20. The average Bonchev–Trinajstić information content (AvgIpc) is 2.90. The standard InChI is InChI=1S/C15H21ClN2O2/c1-17-8-12-6-7-18(9-12)15(19)11-20-10-13-4-2-3-5-14(13)16/h2-5,12,17H,6-11H2,1H3. The molecule has 0 saturated carbocycles. The Morgan fingerprint density at radius 1 is 1.50 bits per heavy atom. The number of ether oxygens (including phenoxy) is 1. The molecule has 110 valence electrons. The van der Waals surface area contributed by atoms with E-state index in [2.05, 4.69) is 5.32 Å². The van der Waals surface area contributed by atoms with Gasteiger partial charge >= 0.3 is 0 Å². The second-order valence-corrected chi connectivity index (χ2v) is 5.54. The van der Waals surface area contributed by atoms with Gasteiger partial charge in [-0.2, -0.15) is 0 Å². The maximum absolute atomic E-state index is 12.0. The molecule has 1 saturated heterocycles. The zero-order valence-electron chi connectivity index (χ0n) is 11.8. The van der Waals surface area contributed by atoms with Crippen LogP contribution in [0.4, 0.5) is 0 Å². The molecule has 1 heterocycles. The third-order valence-electron chi connectivity index (χ3n) is 3.57. The smallest absolute Gasteiger partial charge is 0.248 e. The lowest BCUT2D eigenvalue weighted by Gasteiger charge is -2.16. The molecule has 1 amide bonds. The minimum Gasteiger partial charge on any atom is -0.367 e. The van der Waals surface area contributed by atoms with E-state index in [9.17, 15) is 4.79 Å². The second kappa shape index (κ2) is 7.62. The Labute approximate surface area is 125 Å². The first kappa shape index (κ1) is 15.3. The first-order chi connectivity index (χ1) is 9.70. The van der Waals surface area contributed by atoms with Gasteiger partial charge in [0.1, 0.15) is 6.61 Å². The van der Waals surface area contributed by atoms with E-state index < -0.39 is 0 Å². The molecule has 1 aliphatic heterocycles. The van der Waals surface area contributed by atoms with Crippen molar-refractivity contribution < 1.29 is 9.53 Å². The number of carbonyl (C=O) groups excluding carboxylic acids is 1. The summed E-state index contributed by atoms with van der Waals surface area (Å²) in [6.45, 7) is 3.12. The van der Waals surface area contributed by atoms with Crippen molar-refractivity contribution in [1.82, 2.24) is 10.2 Å². The zero-order chi connectivity index (χ0) is 14.4. The highest BCUT2D eigenvalue weighted by molar-refractivity contribution is 6.31. The Morgan fingerprint density at radius 2 is 2.30 bits per heavy atom. The number of hydrogen-bond donors (Lipinski definition) is 1. The van der Waals surface area contributed by atoms with Gasteiger partial charge in [-0.05, 0) is 37.6 Å². The highest BCUT2D eigenvalue weighted by atomic mass is 35.5. The van der Waals surface area contributed by atoms with Crippen LogP contribution in [0.5, 0.6) is 0 Å². The van der Waals surface area contributed by atoms with E-state index in [0.717, 1.165) is 31.6 Å². The Hall–Kier alpha value is -1.10. The van der Waals surface area contributed by atoms with E-state index in [1.165, 1.54) is 0 Å². The maximum Gasteiger partial charge on any atom is 0.248 e. The molecule has 0 aromatic heterocycles. The topological polar surface area (TPSA) is 41.6 Å². The molecular weight excluding hydrogens is 276 g/mol. The van der Waals surface area contributed by atoms with Crippen LogP contribution in [-0.2, 0) is 16.1 Å². The SMILES string of the molecule is CNCC1CCN(C(=O)COCc2ccccc2Cl)C1. The number of nitrogens with zero attached hydrogens (tertiary/aromatic N) is 1. The molecular formula is C15H21ClN2O2. The molecule has 0 radical (unpaired) electrons. The summed E-state index contributed by atoms with van der Waals surface area (Å²) in [6, 6.07) is 7.52. The van der Waals surface area contributed by atoms with E-state index in [1.807, 2.05) is 36.2 Å². The average molecular weight is 297 g/mol. The molecule has 20 heavy (non-hydrogen) atoms. The maximum atomic E-state index is 12.0. The van der Waals surface area contributed by atoms with Crippen LogP contribution >= 0.6 is 11.6 Å². The van der Waals surface area contributed by atoms with Gasteiger partial charge in [0, 0.05) is 18.1 Å². The first-order valence-corrected chi connectivity index (χ1v) is 7.32. The molecule has 1 aromatic rings. The van der Waals surface area contributed by atoms with Crippen LogP contribution in [0.1, 0.15) is 12.0 Å². The van der Waals surface area contributed by atoms with Gasteiger partial charge in [-0.25, -0.2) is 0 Å². The van der Waals surface area contributed by atoms with Gasteiger partial charge in [-0.15, -0.1) is 0 Å². The Balaban J connectivity index is 1.72. The van der Waals surface area contributed by atoms with Gasteiger partial charge in [0.05, 0.1) is 6.61 Å². The summed E-state index contributed by atoms with van der Waals surface area (Å²) in [5, 5.41) is 3.83. The van der Waals surface area contributed by atoms with E-state index in [1.54, 1.807) is 0 Å². The molecule has 1 unspecified atom stereocenters. The Bertz CT molecular complexity index is 453. The first-order valence-electron chi connectivity index (χ1n) is 6.94. The highest BCUT2D eigenvalue weighted by Gasteiger charge is 2.25. The van der Waals surface area contributed by atoms with Gasteiger partial charge in [0.15, 0.2) is 0 Å². The zero-order valence-corrected chi connectivity index (χ0v) is 12.5. The van der Waals surface area contributed by atoms with E-state index >= 15 is 0 Å². The summed E-state index contributed by atoms with van der Waals surface area (Å²) >= 11 is 6.04. The van der Waals surface area contributed by atoms with E-state index in [-0.39, 0.29) is 12.5 Å². The van der Waals surface area contributed by atoms with Crippen molar-refractivity contribution in [3.8, 4) is 0 Å². The molecule has 5 heteroatoms. The number of nitrogens with one attached hydrogen (secondary N) is 1. The van der Waals surface area contributed by atoms with Crippen molar-refractivity contribution in [3.05, 3.63) is 34.9 Å². The highest BCUT2D eigenvalue weighted by Crippen LogP contribution is 2.17. The predicted molar refractivity (Wildman–Crippen MR) is 79.7 cm³/mol. The number of benzene rings is 1. The van der Waals surface area contributed by atoms with E-state index in [0.29, 0.717) is 17.5 Å². The Morgan fingerprint density at radius 3 is 3.05 bits per heavy atom. The van der Waals surface area contributed by atoms with Crippen LogP contribution in [0.2, 0.25) is 5.02 Å². The fourth-order valence-corrected chi connectivity index (χ4v) is 2.66. The summed E-state index contributed by atoms with van der Waals surface area (Å²) in [6.07, 6.45) is 1.07. The molecule has 1 atom stereocenters. The van der Waals surface area contributed by atoms with Crippen LogP contribution in [0.15, 0.2) is 24.3 Å². The van der Waals surface area contributed by atoms with Gasteiger partial charge in [-0.3, -0.25) is 4.79 Å². The lowest BCUT2D eigenvalue weighted by atomic mass is 10.1. The summed E-state index contributed by atoms with van der Waals surface area (Å²) < 4.78 is 5.48. The molecule has 0 aliphatic carbocycles. The molecule has 0 bridgehead atoms. The molecule has 1 fully saturated rings. The number of amides is 1. The molecule has 0 spiro atoms. The lowest BCUT2D eigenvalue weighted by molar-refractivity contribution is -0.135. The fourth-order valence-electron chi connectivity index (χ4n) is 2.47. The van der Waals surface area contributed by atoms with Crippen molar-refractivity contribution in [2.75, 3.05) is 33.3 Å². The van der Waals surface area contributed by atoms with Crippen LogP contribution in [0.25, 0.3) is 0 Å². The Kier molecular flexibility index (Phi) is 5.83. The molecule has 1 aromatic carbocycles. The van der Waals surface area contributed by atoms with Gasteiger partial charge in [0.2, 0.25) is 5.91 Å². The van der Waals surface area contributed by atoms with Gasteiger partial charge in [0.25, 0.3) is 0 Å². The molecule has 4 nitrogen and oxygen atoms in total. The predicted octanol–water partition coefficient (Wildman–Crippen LogP) is 1.92. The third-order valence-corrected chi connectivity index (χ3v) is 3.94. The molecule has 1 aliphatic rings. The minimum absolute atomic E-state index is 0.0654. The summed E-state index contributed by atoms with van der Waals surface area (Å²) in [5.74, 6) is 0.628. The van der Waals surface area contributed by atoms with Gasteiger partial charge in [-0.1, -0.05) is 29.8 Å². The van der Waals surface area contributed by atoms with Crippen molar-refractivity contribution >= 4 is 17.5 Å². The molecule has 2 rings (SSSR count).